The van der Waals surface area contributed by atoms with E-state index in [2.05, 4.69) is 9.71 Å². The quantitative estimate of drug-likeness (QED) is 0.493. The standard InChI is InChI=1S/C20H20N2O5S2/c1-27-15-7-4-13(5-8-15)19-21-18(11-28-19)29(25,26)22-17-9-6-14(20(23)24)10-16(17)12-2-3-12/h4-12,20,22-24H,2-3H2,1H3. The largest absolute Gasteiger partial charge is 0.497 e. The maximum atomic E-state index is 12.9. The molecule has 0 aliphatic heterocycles. The fourth-order valence-corrected chi connectivity index (χ4v) is 5.20. The van der Waals surface area contributed by atoms with Crippen LogP contribution >= 0.6 is 11.3 Å². The van der Waals surface area contributed by atoms with Crippen molar-refractivity contribution >= 4 is 27.0 Å². The molecule has 7 nitrogen and oxygen atoms in total. The minimum Gasteiger partial charge on any atom is -0.497 e. The summed E-state index contributed by atoms with van der Waals surface area (Å²) in [5, 5.41) is 20.8. The van der Waals surface area contributed by atoms with Gasteiger partial charge in [-0.25, -0.2) is 4.98 Å². The number of hydrogen-bond donors (Lipinski definition) is 3. The molecule has 29 heavy (non-hydrogen) atoms. The first-order valence-corrected chi connectivity index (χ1v) is 11.4. The van der Waals surface area contributed by atoms with Crippen molar-refractivity contribution in [3.8, 4) is 16.3 Å². The number of aromatic nitrogens is 1. The molecule has 152 valence electrons. The van der Waals surface area contributed by atoms with Gasteiger partial charge >= 0.3 is 0 Å². The first-order chi connectivity index (χ1) is 13.9. The minimum absolute atomic E-state index is 0.0543. The van der Waals surface area contributed by atoms with E-state index in [0.717, 1.165) is 24.0 Å². The van der Waals surface area contributed by atoms with Gasteiger partial charge in [-0.05, 0) is 60.7 Å². The van der Waals surface area contributed by atoms with Crippen molar-refractivity contribution in [3.05, 3.63) is 59.0 Å². The molecule has 0 radical (unpaired) electrons. The number of hydrogen-bond acceptors (Lipinski definition) is 7. The van der Waals surface area contributed by atoms with Crippen LogP contribution in [0.15, 0.2) is 52.9 Å². The van der Waals surface area contributed by atoms with Crippen LogP contribution in [0, 0.1) is 0 Å². The van der Waals surface area contributed by atoms with Gasteiger partial charge < -0.3 is 14.9 Å². The highest BCUT2D eigenvalue weighted by molar-refractivity contribution is 7.92. The molecule has 4 rings (SSSR count). The Kier molecular flexibility index (Phi) is 5.30. The van der Waals surface area contributed by atoms with E-state index < -0.39 is 16.3 Å². The molecule has 1 aromatic heterocycles. The van der Waals surface area contributed by atoms with Crippen LogP contribution in [0.3, 0.4) is 0 Å². The molecule has 1 heterocycles. The topological polar surface area (TPSA) is 109 Å². The fraction of sp³-hybridized carbons (Fsp3) is 0.250. The Balaban J connectivity index is 1.60. The van der Waals surface area contributed by atoms with Crippen LogP contribution in [-0.4, -0.2) is 30.7 Å². The Morgan fingerprint density at radius 3 is 2.52 bits per heavy atom. The zero-order chi connectivity index (χ0) is 20.6. The second kappa shape index (κ2) is 7.75. The Bertz CT molecular complexity index is 1120. The van der Waals surface area contributed by atoms with E-state index in [1.165, 1.54) is 22.8 Å². The van der Waals surface area contributed by atoms with Crippen molar-refractivity contribution < 1.29 is 23.4 Å². The third-order valence-corrected chi connectivity index (χ3v) is 7.02. The molecule has 0 bridgehead atoms. The fourth-order valence-electron chi connectivity index (χ4n) is 3.01. The second-order valence-corrected chi connectivity index (χ2v) is 9.31. The lowest BCUT2D eigenvalue weighted by atomic mass is 10.0. The van der Waals surface area contributed by atoms with E-state index >= 15 is 0 Å². The molecule has 1 saturated carbocycles. The number of rotatable bonds is 7. The number of thiazole rings is 1. The van der Waals surface area contributed by atoms with Crippen LogP contribution in [-0.2, 0) is 10.0 Å². The zero-order valence-electron chi connectivity index (χ0n) is 15.6. The third kappa shape index (κ3) is 4.27. The summed E-state index contributed by atoms with van der Waals surface area (Å²) in [6.45, 7) is 0. The lowest BCUT2D eigenvalue weighted by Gasteiger charge is -2.14. The Morgan fingerprint density at radius 2 is 1.90 bits per heavy atom. The number of nitrogens with zero attached hydrogens (tertiary/aromatic N) is 1. The van der Waals surface area contributed by atoms with Gasteiger partial charge in [0.1, 0.15) is 10.8 Å². The van der Waals surface area contributed by atoms with Crippen LogP contribution in [0.25, 0.3) is 10.6 Å². The van der Waals surface area contributed by atoms with Crippen molar-refractivity contribution in [2.24, 2.45) is 0 Å². The van der Waals surface area contributed by atoms with Crippen molar-refractivity contribution in [1.29, 1.82) is 0 Å². The van der Waals surface area contributed by atoms with Crippen LogP contribution in [0.4, 0.5) is 5.69 Å². The lowest BCUT2D eigenvalue weighted by Crippen LogP contribution is -2.15. The second-order valence-electron chi connectivity index (χ2n) is 6.82. The molecule has 0 spiro atoms. The summed E-state index contributed by atoms with van der Waals surface area (Å²) in [4.78, 5) is 4.29. The zero-order valence-corrected chi connectivity index (χ0v) is 17.2. The van der Waals surface area contributed by atoms with Gasteiger partial charge in [-0.2, -0.15) is 8.42 Å². The average Bonchev–Trinajstić information content (AvgIpc) is 3.43. The minimum atomic E-state index is -3.88. The van der Waals surface area contributed by atoms with Crippen LogP contribution in [0.5, 0.6) is 5.75 Å². The van der Waals surface area contributed by atoms with Gasteiger partial charge in [-0.15, -0.1) is 11.3 Å². The normalized spacial score (nSPS) is 14.2. The lowest BCUT2D eigenvalue weighted by molar-refractivity contribution is -0.0425. The van der Waals surface area contributed by atoms with Gasteiger partial charge in [0.15, 0.2) is 11.3 Å². The molecule has 0 saturated heterocycles. The van der Waals surface area contributed by atoms with E-state index in [4.69, 9.17) is 4.74 Å². The number of nitrogens with one attached hydrogen (secondary N) is 1. The Hall–Kier alpha value is -2.46. The Morgan fingerprint density at radius 1 is 1.17 bits per heavy atom. The predicted molar refractivity (Wildman–Crippen MR) is 111 cm³/mol. The van der Waals surface area contributed by atoms with Crippen molar-refractivity contribution in [3.63, 3.8) is 0 Å². The van der Waals surface area contributed by atoms with Crippen molar-refractivity contribution in [1.82, 2.24) is 4.98 Å². The molecule has 0 amide bonds. The monoisotopic (exact) mass is 432 g/mol. The van der Waals surface area contributed by atoms with Crippen molar-refractivity contribution in [2.45, 2.75) is 30.1 Å². The number of benzene rings is 2. The number of aliphatic hydroxyl groups is 2. The number of ether oxygens (including phenoxy) is 1. The molecule has 2 aromatic carbocycles. The third-order valence-electron chi connectivity index (χ3n) is 4.73. The highest BCUT2D eigenvalue weighted by Gasteiger charge is 2.29. The molecule has 9 heteroatoms. The van der Waals surface area contributed by atoms with Crippen LogP contribution < -0.4 is 9.46 Å². The maximum absolute atomic E-state index is 12.9. The molecule has 1 aliphatic carbocycles. The van der Waals surface area contributed by atoms with Gasteiger partial charge in [0.25, 0.3) is 10.0 Å². The number of anilines is 1. The predicted octanol–water partition coefficient (Wildman–Crippen LogP) is 3.48. The van der Waals surface area contributed by atoms with E-state index in [1.807, 2.05) is 12.1 Å². The summed E-state index contributed by atoms with van der Waals surface area (Å²) in [6.07, 6.45) is 0.291. The molecular formula is C20H20N2O5S2. The van der Waals surface area contributed by atoms with Gasteiger partial charge in [0, 0.05) is 16.5 Å². The number of aliphatic hydroxyl groups excluding tert-OH is 1. The van der Waals surface area contributed by atoms with E-state index in [-0.39, 0.29) is 10.9 Å². The summed E-state index contributed by atoms with van der Waals surface area (Å²) in [5.41, 5.74) is 2.35. The summed E-state index contributed by atoms with van der Waals surface area (Å²) >= 11 is 1.25. The SMILES string of the molecule is COc1ccc(-c2nc(S(=O)(=O)Nc3ccc(C(O)O)cc3C3CC3)cs2)cc1. The van der Waals surface area contributed by atoms with Gasteiger partial charge in [0.2, 0.25) is 0 Å². The van der Waals surface area contributed by atoms with Gasteiger partial charge in [-0.1, -0.05) is 6.07 Å². The summed E-state index contributed by atoms with van der Waals surface area (Å²) in [6, 6.07) is 11.9. The molecule has 0 unspecified atom stereocenters. The first-order valence-electron chi connectivity index (χ1n) is 9.00. The average molecular weight is 433 g/mol. The highest BCUT2D eigenvalue weighted by atomic mass is 32.2. The smallest absolute Gasteiger partial charge is 0.280 e. The molecule has 3 aromatic rings. The number of sulfonamides is 1. The van der Waals surface area contributed by atoms with Gasteiger partial charge in [0.05, 0.1) is 12.8 Å². The molecule has 3 N–H and O–H groups in total. The molecular weight excluding hydrogens is 412 g/mol. The van der Waals surface area contributed by atoms with E-state index in [0.29, 0.717) is 22.0 Å². The maximum Gasteiger partial charge on any atom is 0.280 e. The molecule has 1 fully saturated rings. The van der Waals surface area contributed by atoms with E-state index in [9.17, 15) is 18.6 Å². The van der Waals surface area contributed by atoms with Gasteiger partial charge in [-0.3, -0.25) is 4.72 Å². The van der Waals surface area contributed by atoms with Crippen LogP contribution in [0.1, 0.15) is 36.2 Å². The van der Waals surface area contributed by atoms with Crippen molar-refractivity contribution in [2.75, 3.05) is 11.8 Å². The highest BCUT2D eigenvalue weighted by Crippen LogP contribution is 2.44. The summed E-state index contributed by atoms with van der Waals surface area (Å²) in [5.74, 6) is 0.931. The first kappa shape index (κ1) is 19.8. The summed E-state index contributed by atoms with van der Waals surface area (Å²) < 4.78 is 33.5. The van der Waals surface area contributed by atoms with E-state index in [1.54, 1.807) is 31.4 Å². The molecule has 0 atom stereocenters. The summed E-state index contributed by atoms with van der Waals surface area (Å²) in [7, 11) is -2.29. The number of methoxy groups -OCH3 is 1. The Labute approximate surface area is 172 Å². The molecule has 1 aliphatic rings. The van der Waals surface area contributed by atoms with Crippen LogP contribution in [0.2, 0.25) is 0 Å².